The van der Waals surface area contributed by atoms with Gasteiger partial charge in [-0.3, -0.25) is 9.69 Å². The molecule has 0 atom stereocenters. The number of aryl methyl sites for hydroxylation is 1. The van der Waals surface area contributed by atoms with Crippen LogP contribution in [0.25, 0.3) is 0 Å². The molecule has 1 aliphatic heterocycles. The molecule has 0 aliphatic carbocycles. The lowest BCUT2D eigenvalue weighted by Gasteiger charge is -2.36. The van der Waals surface area contributed by atoms with E-state index in [1.165, 1.54) is 16.8 Å². The van der Waals surface area contributed by atoms with Gasteiger partial charge in [-0.2, -0.15) is 0 Å². The van der Waals surface area contributed by atoms with Gasteiger partial charge in [0.15, 0.2) is 5.76 Å². The van der Waals surface area contributed by atoms with E-state index in [0.29, 0.717) is 12.3 Å². The Morgan fingerprint density at radius 3 is 2.47 bits per heavy atom. The molecule has 1 aromatic heterocycles. The number of nitrogens with one attached hydrogen (secondary N) is 1. The number of piperazine rings is 1. The summed E-state index contributed by atoms with van der Waals surface area (Å²) in [6, 6.07) is 20.1. The Morgan fingerprint density at radius 2 is 1.70 bits per heavy atom. The standard InChI is InChI=1S/C25H29N3O2/c1-19-7-6-10-23(20(19)2)28-15-13-27(14-16-28)18-22-11-12-24(30-22)25(29)26-17-21-8-4-3-5-9-21/h3-12H,13-18H2,1-2H3,(H,26,29). The van der Waals surface area contributed by atoms with Gasteiger partial charge in [0.2, 0.25) is 0 Å². The van der Waals surface area contributed by atoms with Gasteiger partial charge in [0, 0.05) is 38.4 Å². The topological polar surface area (TPSA) is 48.7 Å². The largest absolute Gasteiger partial charge is 0.455 e. The summed E-state index contributed by atoms with van der Waals surface area (Å²) in [6.45, 7) is 9.53. The fraction of sp³-hybridized carbons (Fsp3) is 0.320. The Balaban J connectivity index is 1.28. The lowest BCUT2D eigenvalue weighted by Crippen LogP contribution is -2.46. The molecule has 5 nitrogen and oxygen atoms in total. The third kappa shape index (κ3) is 4.74. The van der Waals surface area contributed by atoms with Gasteiger partial charge in [-0.1, -0.05) is 42.5 Å². The van der Waals surface area contributed by atoms with E-state index < -0.39 is 0 Å². The Morgan fingerprint density at radius 1 is 0.933 bits per heavy atom. The van der Waals surface area contributed by atoms with Crippen LogP contribution in [-0.2, 0) is 13.1 Å². The van der Waals surface area contributed by atoms with Gasteiger partial charge in [0.05, 0.1) is 6.54 Å². The van der Waals surface area contributed by atoms with Crippen LogP contribution in [-0.4, -0.2) is 37.0 Å². The van der Waals surface area contributed by atoms with Gasteiger partial charge in [0.1, 0.15) is 5.76 Å². The summed E-state index contributed by atoms with van der Waals surface area (Å²) in [6.07, 6.45) is 0. The average Bonchev–Trinajstić information content (AvgIpc) is 3.24. The highest BCUT2D eigenvalue weighted by Gasteiger charge is 2.20. The highest BCUT2D eigenvalue weighted by molar-refractivity contribution is 5.91. The quantitative estimate of drug-likeness (QED) is 0.672. The third-order valence-electron chi connectivity index (χ3n) is 5.85. The molecule has 2 heterocycles. The highest BCUT2D eigenvalue weighted by atomic mass is 16.4. The van der Waals surface area contributed by atoms with Crippen molar-refractivity contribution in [1.82, 2.24) is 10.2 Å². The average molecular weight is 404 g/mol. The Kier molecular flexibility index (Phi) is 6.19. The number of hydrogen-bond acceptors (Lipinski definition) is 4. The fourth-order valence-electron chi connectivity index (χ4n) is 3.90. The summed E-state index contributed by atoms with van der Waals surface area (Å²) in [5.74, 6) is 1.03. The zero-order chi connectivity index (χ0) is 20.9. The number of carbonyl (C=O) groups excluding carboxylic acids is 1. The molecular formula is C25H29N3O2. The van der Waals surface area contributed by atoms with Crippen LogP contribution in [0.15, 0.2) is 65.1 Å². The van der Waals surface area contributed by atoms with Crippen LogP contribution >= 0.6 is 0 Å². The van der Waals surface area contributed by atoms with Gasteiger partial charge in [-0.25, -0.2) is 0 Å². The molecule has 0 bridgehead atoms. The zero-order valence-electron chi connectivity index (χ0n) is 17.7. The summed E-state index contributed by atoms with van der Waals surface area (Å²) in [5.41, 5.74) is 5.11. The molecule has 1 fully saturated rings. The van der Waals surface area contributed by atoms with E-state index >= 15 is 0 Å². The van der Waals surface area contributed by atoms with Crippen molar-refractivity contribution in [2.45, 2.75) is 26.9 Å². The number of anilines is 1. The third-order valence-corrected chi connectivity index (χ3v) is 5.85. The molecule has 1 amide bonds. The predicted molar refractivity (Wildman–Crippen MR) is 120 cm³/mol. The second kappa shape index (κ2) is 9.18. The molecule has 1 saturated heterocycles. The first-order valence-corrected chi connectivity index (χ1v) is 10.5. The zero-order valence-corrected chi connectivity index (χ0v) is 17.7. The number of hydrogen-bond donors (Lipinski definition) is 1. The maximum atomic E-state index is 12.4. The van der Waals surface area contributed by atoms with Crippen LogP contribution < -0.4 is 10.2 Å². The molecule has 156 valence electrons. The first kappa shape index (κ1) is 20.2. The number of nitrogens with zero attached hydrogens (tertiary/aromatic N) is 2. The van der Waals surface area contributed by atoms with Crippen LogP contribution in [0.3, 0.4) is 0 Å². The molecule has 0 spiro atoms. The molecule has 0 unspecified atom stereocenters. The monoisotopic (exact) mass is 403 g/mol. The molecule has 4 rings (SSSR count). The van der Waals surface area contributed by atoms with Crippen LogP contribution in [0, 0.1) is 13.8 Å². The maximum Gasteiger partial charge on any atom is 0.287 e. The molecule has 5 heteroatoms. The van der Waals surface area contributed by atoms with Gasteiger partial charge < -0.3 is 14.6 Å². The van der Waals surface area contributed by atoms with Crippen molar-refractivity contribution < 1.29 is 9.21 Å². The summed E-state index contributed by atoms with van der Waals surface area (Å²) < 4.78 is 5.82. The summed E-state index contributed by atoms with van der Waals surface area (Å²) in [4.78, 5) is 17.2. The lowest BCUT2D eigenvalue weighted by atomic mass is 10.1. The van der Waals surface area contributed by atoms with Crippen molar-refractivity contribution in [2.75, 3.05) is 31.1 Å². The minimum absolute atomic E-state index is 0.176. The molecule has 0 saturated carbocycles. The van der Waals surface area contributed by atoms with Crippen molar-refractivity contribution in [1.29, 1.82) is 0 Å². The van der Waals surface area contributed by atoms with E-state index in [1.54, 1.807) is 6.07 Å². The van der Waals surface area contributed by atoms with Crippen LogP contribution in [0.5, 0.6) is 0 Å². The number of furan rings is 1. The lowest BCUT2D eigenvalue weighted by molar-refractivity contribution is 0.0919. The van der Waals surface area contributed by atoms with Crippen molar-refractivity contribution in [3.63, 3.8) is 0 Å². The summed E-state index contributed by atoms with van der Waals surface area (Å²) in [7, 11) is 0. The van der Waals surface area contributed by atoms with Crippen LogP contribution in [0.4, 0.5) is 5.69 Å². The summed E-state index contributed by atoms with van der Waals surface area (Å²) >= 11 is 0. The minimum atomic E-state index is -0.176. The minimum Gasteiger partial charge on any atom is -0.455 e. The number of amides is 1. The second-order valence-electron chi connectivity index (χ2n) is 7.92. The van der Waals surface area contributed by atoms with Crippen molar-refractivity contribution in [2.24, 2.45) is 0 Å². The SMILES string of the molecule is Cc1cccc(N2CCN(Cc3ccc(C(=O)NCc4ccccc4)o3)CC2)c1C. The Hall–Kier alpha value is -3.05. The summed E-state index contributed by atoms with van der Waals surface area (Å²) in [5, 5.41) is 2.91. The first-order chi connectivity index (χ1) is 14.6. The molecular weight excluding hydrogens is 374 g/mol. The van der Waals surface area contributed by atoms with E-state index in [2.05, 4.69) is 47.2 Å². The Bertz CT molecular complexity index is 989. The van der Waals surface area contributed by atoms with Gasteiger partial charge >= 0.3 is 0 Å². The second-order valence-corrected chi connectivity index (χ2v) is 7.92. The van der Waals surface area contributed by atoms with Gasteiger partial charge in [-0.15, -0.1) is 0 Å². The van der Waals surface area contributed by atoms with E-state index in [0.717, 1.165) is 44.0 Å². The predicted octanol–water partition coefficient (Wildman–Crippen LogP) is 4.15. The van der Waals surface area contributed by atoms with Crippen molar-refractivity contribution in [3.8, 4) is 0 Å². The van der Waals surface area contributed by atoms with E-state index in [-0.39, 0.29) is 5.91 Å². The van der Waals surface area contributed by atoms with Crippen molar-refractivity contribution >= 4 is 11.6 Å². The van der Waals surface area contributed by atoms with E-state index in [1.807, 2.05) is 36.4 Å². The van der Waals surface area contributed by atoms with E-state index in [4.69, 9.17) is 4.42 Å². The number of carbonyl (C=O) groups is 1. The maximum absolute atomic E-state index is 12.4. The molecule has 3 aromatic rings. The molecule has 1 aliphatic rings. The molecule has 2 aromatic carbocycles. The van der Waals surface area contributed by atoms with Crippen LogP contribution in [0.1, 0.15) is 33.0 Å². The van der Waals surface area contributed by atoms with Gasteiger partial charge in [-0.05, 0) is 48.7 Å². The van der Waals surface area contributed by atoms with Crippen LogP contribution in [0.2, 0.25) is 0 Å². The molecule has 1 N–H and O–H groups in total. The normalized spacial score (nSPS) is 14.7. The van der Waals surface area contributed by atoms with Gasteiger partial charge in [0.25, 0.3) is 5.91 Å². The first-order valence-electron chi connectivity index (χ1n) is 10.5. The smallest absolute Gasteiger partial charge is 0.287 e. The molecule has 30 heavy (non-hydrogen) atoms. The molecule has 0 radical (unpaired) electrons. The fourth-order valence-corrected chi connectivity index (χ4v) is 3.90. The number of benzene rings is 2. The Labute approximate surface area is 178 Å². The van der Waals surface area contributed by atoms with E-state index in [9.17, 15) is 4.79 Å². The number of rotatable bonds is 6. The van der Waals surface area contributed by atoms with Crippen molar-refractivity contribution in [3.05, 3.63) is 88.9 Å². The highest BCUT2D eigenvalue weighted by Crippen LogP contribution is 2.24.